The van der Waals surface area contributed by atoms with Gasteiger partial charge in [-0.1, -0.05) is 17.7 Å². The molecule has 3 rings (SSSR count). The Morgan fingerprint density at radius 2 is 2.19 bits per heavy atom. The second-order valence-electron chi connectivity index (χ2n) is 4.65. The summed E-state index contributed by atoms with van der Waals surface area (Å²) in [5.74, 6) is 0.527. The molecule has 0 aliphatic heterocycles. The van der Waals surface area contributed by atoms with E-state index in [2.05, 4.69) is 15.3 Å². The van der Waals surface area contributed by atoms with E-state index in [1.54, 1.807) is 18.2 Å². The minimum absolute atomic E-state index is 0.309. The van der Waals surface area contributed by atoms with Crippen LogP contribution in [0, 0.1) is 6.92 Å². The highest BCUT2D eigenvalue weighted by atomic mass is 35.5. The molecule has 0 saturated heterocycles. The molecule has 0 aliphatic carbocycles. The average molecular weight is 304 g/mol. The average Bonchev–Trinajstić information content (AvgIpc) is 3.01. The third-order valence-corrected chi connectivity index (χ3v) is 3.49. The van der Waals surface area contributed by atoms with E-state index < -0.39 is 0 Å². The van der Waals surface area contributed by atoms with Crippen molar-refractivity contribution >= 4 is 11.6 Å². The number of halogens is 1. The standard InChI is InChI=1S/C14H14ClN5O/c1-3-19-8-12(9(2)18-19)13-16-17-14(21)20(13)11-6-4-5-10(15)7-11/h4-8H,3H2,1-2H3,(H,17,21). The SMILES string of the molecule is CCn1cc(-c2n[nH]c(=O)n2-c2cccc(Cl)c2)c(C)n1. The van der Waals surface area contributed by atoms with Crippen LogP contribution < -0.4 is 5.69 Å². The van der Waals surface area contributed by atoms with Crippen molar-refractivity contribution in [1.29, 1.82) is 0 Å². The van der Waals surface area contributed by atoms with Gasteiger partial charge < -0.3 is 0 Å². The highest BCUT2D eigenvalue weighted by molar-refractivity contribution is 6.30. The Morgan fingerprint density at radius 3 is 2.86 bits per heavy atom. The Balaban J connectivity index is 2.21. The van der Waals surface area contributed by atoms with Crippen LogP contribution in [-0.4, -0.2) is 24.5 Å². The molecule has 3 aromatic rings. The molecule has 0 unspecified atom stereocenters. The summed E-state index contributed by atoms with van der Waals surface area (Å²) in [4.78, 5) is 12.1. The van der Waals surface area contributed by atoms with Crippen molar-refractivity contribution in [2.24, 2.45) is 0 Å². The number of hydrogen-bond donors (Lipinski definition) is 1. The van der Waals surface area contributed by atoms with E-state index in [-0.39, 0.29) is 5.69 Å². The Hall–Kier alpha value is -2.34. The summed E-state index contributed by atoms with van der Waals surface area (Å²) in [5, 5.41) is 11.6. The topological polar surface area (TPSA) is 68.5 Å². The lowest BCUT2D eigenvalue weighted by Gasteiger charge is -2.05. The third-order valence-electron chi connectivity index (χ3n) is 3.25. The summed E-state index contributed by atoms with van der Waals surface area (Å²) in [6.07, 6.45) is 1.88. The fourth-order valence-electron chi connectivity index (χ4n) is 2.23. The normalized spacial score (nSPS) is 11.0. The van der Waals surface area contributed by atoms with E-state index in [0.29, 0.717) is 16.5 Å². The smallest absolute Gasteiger partial charge is 0.272 e. The number of benzene rings is 1. The first kappa shape index (κ1) is 13.6. The highest BCUT2D eigenvalue weighted by Crippen LogP contribution is 2.23. The first-order valence-electron chi connectivity index (χ1n) is 6.58. The molecule has 0 fully saturated rings. The van der Waals surface area contributed by atoms with Crippen LogP contribution in [0.4, 0.5) is 0 Å². The summed E-state index contributed by atoms with van der Waals surface area (Å²) in [5.41, 5.74) is 1.99. The molecule has 2 aromatic heterocycles. The second-order valence-corrected chi connectivity index (χ2v) is 5.09. The number of rotatable bonds is 3. The van der Waals surface area contributed by atoms with E-state index in [0.717, 1.165) is 17.8 Å². The summed E-state index contributed by atoms with van der Waals surface area (Å²) in [7, 11) is 0. The number of aromatic amines is 1. The van der Waals surface area contributed by atoms with Gasteiger partial charge in [0.05, 0.1) is 16.9 Å². The van der Waals surface area contributed by atoms with Crippen molar-refractivity contribution in [3.05, 3.63) is 51.7 Å². The lowest BCUT2D eigenvalue weighted by molar-refractivity contribution is 0.653. The number of aromatic nitrogens is 5. The summed E-state index contributed by atoms with van der Waals surface area (Å²) < 4.78 is 3.31. The predicted molar refractivity (Wildman–Crippen MR) is 80.8 cm³/mol. The van der Waals surface area contributed by atoms with Crippen molar-refractivity contribution in [3.63, 3.8) is 0 Å². The molecule has 1 N–H and O–H groups in total. The van der Waals surface area contributed by atoms with Gasteiger partial charge in [0.2, 0.25) is 0 Å². The van der Waals surface area contributed by atoms with Crippen LogP contribution in [0.1, 0.15) is 12.6 Å². The number of nitrogens with zero attached hydrogens (tertiary/aromatic N) is 4. The maximum Gasteiger partial charge on any atom is 0.348 e. The highest BCUT2D eigenvalue weighted by Gasteiger charge is 2.17. The maximum absolute atomic E-state index is 12.1. The molecule has 0 spiro atoms. The van der Waals surface area contributed by atoms with Crippen LogP contribution >= 0.6 is 11.6 Å². The molecule has 6 nitrogen and oxygen atoms in total. The van der Waals surface area contributed by atoms with Gasteiger partial charge in [-0.05, 0) is 32.0 Å². The van der Waals surface area contributed by atoms with Crippen molar-refractivity contribution in [3.8, 4) is 17.1 Å². The van der Waals surface area contributed by atoms with Crippen molar-refractivity contribution in [2.75, 3.05) is 0 Å². The summed E-state index contributed by atoms with van der Waals surface area (Å²) in [6, 6.07) is 7.09. The van der Waals surface area contributed by atoms with Crippen LogP contribution in [-0.2, 0) is 6.54 Å². The summed E-state index contributed by atoms with van der Waals surface area (Å²) >= 11 is 6.01. The monoisotopic (exact) mass is 303 g/mol. The van der Waals surface area contributed by atoms with E-state index in [1.807, 2.05) is 30.8 Å². The number of H-pyrrole nitrogens is 1. The molecule has 0 radical (unpaired) electrons. The van der Waals surface area contributed by atoms with E-state index >= 15 is 0 Å². The zero-order chi connectivity index (χ0) is 15.0. The van der Waals surface area contributed by atoms with Crippen molar-refractivity contribution in [2.45, 2.75) is 20.4 Å². The largest absolute Gasteiger partial charge is 0.348 e. The first-order valence-corrected chi connectivity index (χ1v) is 6.95. The van der Waals surface area contributed by atoms with E-state index in [9.17, 15) is 4.79 Å². The zero-order valence-corrected chi connectivity index (χ0v) is 12.4. The Kier molecular flexibility index (Phi) is 3.39. The van der Waals surface area contributed by atoms with Gasteiger partial charge in [0.25, 0.3) is 0 Å². The minimum atomic E-state index is -0.309. The Morgan fingerprint density at radius 1 is 1.38 bits per heavy atom. The fourth-order valence-corrected chi connectivity index (χ4v) is 2.42. The van der Waals surface area contributed by atoms with Crippen LogP contribution in [0.5, 0.6) is 0 Å². The number of hydrogen-bond acceptors (Lipinski definition) is 3. The van der Waals surface area contributed by atoms with Gasteiger partial charge in [0.1, 0.15) is 0 Å². The number of nitrogens with one attached hydrogen (secondary N) is 1. The molecule has 2 heterocycles. The number of aryl methyl sites for hydroxylation is 2. The minimum Gasteiger partial charge on any atom is -0.272 e. The fraction of sp³-hybridized carbons (Fsp3) is 0.214. The Labute approximate surface area is 126 Å². The lowest BCUT2D eigenvalue weighted by Crippen LogP contribution is -2.15. The van der Waals surface area contributed by atoms with Gasteiger partial charge in [-0.25, -0.2) is 14.5 Å². The zero-order valence-electron chi connectivity index (χ0n) is 11.7. The molecule has 0 saturated carbocycles. The van der Waals surface area contributed by atoms with Crippen LogP contribution in [0.3, 0.4) is 0 Å². The molecule has 108 valence electrons. The van der Waals surface area contributed by atoms with Crippen LogP contribution in [0.25, 0.3) is 17.1 Å². The van der Waals surface area contributed by atoms with E-state index in [1.165, 1.54) is 4.57 Å². The Bertz CT molecular complexity index is 845. The van der Waals surface area contributed by atoms with Gasteiger partial charge in [0.15, 0.2) is 5.82 Å². The van der Waals surface area contributed by atoms with Crippen LogP contribution in [0.15, 0.2) is 35.3 Å². The molecular weight excluding hydrogens is 290 g/mol. The second kappa shape index (κ2) is 5.21. The molecule has 0 amide bonds. The van der Waals surface area contributed by atoms with E-state index in [4.69, 9.17) is 11.6 Å². The van der Waals surface area contributed by atoms with Gasteiger partial charge in [-0.3, -0.25) is 4.68 Å². The molecule has 21 heavy (non-hydrogen) atoms. The van der Waals surface area contributed by atoms with Gasteiger partial charge in [0, 0.05) is 17.8 Å². The van der Waals surface area contributed by atoms with Crippen LogP contribution in [0.2, 0.25) is 5.02 Å². The van der Waals surface area contributed by atoms with Crippen molar-refractivity contribution in [1.82, 2.24) is 24.5 Å². The van der Waals surface area contributed by atoms with Gasteiger partial charge >= 0.3 is 5.69 Å². The third kappa shape index (κ3) is 2.38. The molecule has 7 heteroatoms. The first-order chi connectivity index (χ1) is 10.1. The van der Waals surface area contributed by atoms with Crippen molar-refractivity contribution < 1.29 is 0 Å². The predicted octanol–water partition coefficient (Wildman–Crippen LogP) is 2.41. The van der Waals surface area contributed by atoms with Gasteiger partial charge in [-0.2, -0.15) is 10.2 Å². The van der Waals surface area contributed by atoms with Gasteiger partial charge in [-0.15, -0.1) is 0 Å². The quantitative estimate of drug-likeness (QED) is 0.808. The molecule has 1 aromatic carbocycles. The molecule has 0 atom stereocenters. The molecular formula is C14H14ClN5O. The maximum atomic E-state index is 12.1. The molecule has 0 aliphatic rings. The lowest BCUT2D eigenvalue weighted by atomic mass is 10.2. The molecule has 0 bridgehead atoms. The summed E-state index contributed by atoms with van der Waals surface area (Å²) in [6.45, 7) is 4.65.